The molecule has 20 heavy (non-hydrogen) atoms. The van der Waals surface area contributed by atoms with Gasteiger partial charge in [-0.15, -0.1) is 10.2 Å². The van der Waals surface area contributed by atoms with E-state index in [0.29, 0.717) is 31.9 Å². The van der Waals surface area contributed by atoms with Crippen molar-refractivity contribution in [3.8, 4) is 0 Å². The van der Waals surface area contributed by atoms with E-state index in [-0.39, 0.29) is 24.1 Å². The van der Waals surface area contributed by atoms with Crippen molar-refractivity contribution in [1.29, 1.82) is 0 Å². The number of aromatic nitrogens is 2. The molecule has 0 aliphatic carbocycles. The van der Waals surface area contributed by atoms with Crippen LogP contribution in [0, 0.1) is 12.8 Å². The lowest BCUT2D eigenvalue weighted by Gasteiger charge is -2.28. The molecule has 2 rings (SSSR count). The maximum absolute atomic E-state index is 11.9. The highest BCUT2D eigenvalue weighted by molar-refractivity contribution is 5.87. The topological polar surface area (TPSA) is 120 Å². The third-order valence-electron chi connectivity index (χ3n) is 3.24. The first-order valence-corrected chi connectivity index (χ1v) is 6.51. The van der Waals surface area contributed by atoms with E-state index in [0.717, 1.165) is 0 Å². The van der Waals surface area contributed by atoms with E-state index in [1.807, 2.05) is 0 Å². The SMILES string of the molecule is Cc1nnc(CC(=O)NC(C(N)=O)C2CCOCC2)o1. The van der Waals surface area contributed by atoms with Gasteiger partial charge in [0.05, 0.1) is 0 Å². The lowest BCUT2D eigenvalue weighted by molar-refractivity contribution is -0.129. The number of nitrogens with zero attached hydrogens (tertiary/aromatic N) is 2. The second-order valence-electron chi connectivity index (χ2n) is 4.79. The molecule has 1 aromatic rings. The standard InChI is InChI=1S/C12H18N4O4/c1-7-15-16-10(20-7)6-9(17)14-11(12(13)18)8-2-4-19-5-3-8/h8,11H,2-6H2,1H3,(H2,13,18)(H,14,17). The summed E-state index contributed by atoms with van der Waals surface area (Å²) in [6.45, 7) is 2.79. The first-order chi connectivity index (χ1) is 9.56. The van der Waals surface area contributed by atoms with Crippen LogP contribution in [0.15, 0.2) is 4.42 Å². The molecule has 2 heterocycles. The van der Waals surface area contributed by atoms with Crippen molar-refractivity contribution in [2.45, 2.75) is 32.2 Å². The number of primary amides is 1. The van der Waals surface area contributed by atoms with Crippen molar-refractivity contribution < 1.29 is 18.7 Å². The molecule has 8 nitrogen and oxygen atoms in total. The summed E-state index contributed by atoms with van der Waals surface area (Å²) in [6.07, 6.45) is 1.34. The van der Waals surface area contributed by atoms with Gasteiger partial charge in [0.2, 0.25) is 23.6 Å². The second-order valence-corrected chi connectivity index (χ2v) is 4.79. The van der Waals surface area contributed by atoms with Crippen molar-refractivity contribution in [2.75, 3.05) is 13.2 Å². The number of rotatable bonds is 5. The Hall–Kier alpha value is -1.96. The molecule has 0 aromatic carbocycles. The van der Waals surface area contributed by atoms with Gasteiger partial charge in [0.1, 0.15) is 12.5 Å². The summed E-state index contributed by atoms with van der Waals surface area (Å²) in [7, 11) is 0. The first kappa shape index (κ1) is 14.4. The van der Waals surface area contributed by atoms with Gasteiger partial charge in [-0.2, -0.15) is 0 Å². The van der Waals surface area contributed by atoms with E-state index in [2.05, 4.69) is 15.5 Å². The van der Waals surface area contributed by atoms with Crippen LogP contribution in [0.5, 0.6) is 0 Å². The highest BCUT2D eigenvalue weighted by atomic mass is 16.5. The Morgan fingerprint density at radius 1 is 1.40 bits per heavy atom. The van der Waals surface area contributed by atoms with Gasteiger partial charge in [-0.05, 0) is 18.8 Å². The lowest BCUT2D eigenvalue weighted by atomic mass is 9.91. The van der Waals surface area contributed by atoms with Gasteiger partial charge in [-0.3, -0.25) is 9.59 Å². The molecule has 1 unspecified atom stereocenters. The van der Waals surface area contributed by atoms with Gasteiger partial charge in [0.15, 0.2) is 0 Å². The number of nitrogens with one attached hydrogen (secondary N) is 1. The Bertz CT molecular complexity index is 482. The van der Waals surface area contributed by atoms with Gasteiger partial charge in [0, 0.05) is 20.1 Å². The van der Waals surface area contributed by atoms with Gasteiger partial charge in [-0.25, -0.2) is 0 Å². The quantitative estimate of drug-likeness (QED) is 0.738. The van der Waals surface area contributed by atoms with E-state index < -0.39 is 11.9 Å². The lowest BCUT2D eigenvalue weighted by Crippen LogP contribution is -2.50. The van der Waals surface area contributed by atoms with Crippen LogP contribution in [0.2, 0.25) is 0 Å². The van der Waals surface area contributed by atoms with Crippen molar-refractivity contribution in [1.82, 2.24) is 15.5 Å². The molecule has 1 aromatic heterocycles. The minimum atomic E-state index is -0.685. The van der Waals surface area contributed by atoms with Crippen LogP contribution in [0.1, 0.15) is 24.6 Å². The van der Waals surface area contributed by atoms with Gasteiger partial charge >= 0.3 is 0 Å². The minimum Gasteiger partial charge on any atom is -0.425 e. The van der Waals surface area contributed by atoms with Gasteiger partial charge in [-0.1, -0.05) is 0 Å². The van der Waals surface area contributed by atoms with Crippen LogP contribution in [0.25, 0.3) is 0 Å². The van der Waals surface area contributed by atoms with Gasteiger partial charge in [0.25, 0.3) is 0 Å². The Labute approximate surface area is 116 Å². The smallest absolute Gasteiger partial charge is 0.240 e. The highest BCUT2D eigenvalue weighted by Crippen LogP contribution is 2.18. The van der Waals surface area contributed by atoms with Crippen LogP contribution in [0.3, 0.4) is 0 Å². The molecule has 1 fully saturated rings. The Morgan fingerprint density at radius 3 is 2.65 bits per heavy atom. The number of hydrogen-bond acceptors (Lipinski definition) is 6. The maximum Gasteiger partial charge on any atom is 0.240 e. The molecule has 3 N–H and O–H groups in total. The summed E-state index contributed by atoms with van der Waals surface area (Å²) in [5.74, 6) is -0.274. The molecule has 0 radical (unpaired) electrons. The average Bonchev–Trinajstić information content (AvgIpc) is 2.82. The van der Waals surface area contributed by atoms with Crippen LogP contribution >= 0.6 is 0 Å². The Balaban J connectivity index is 1.93. The second kappa shape index (κ2) is 6.47. The first-order valence-electron chi connectivity index (χ1n) is 6.51. The molecular weight excluding hydrogens is 264 g/mol. The zero-order chi connectivity index (χ0) is 14.5. The third-order valence-corrected chi connectivity index (χ3v) is 3.24. The summed E-state index contributed by atoms with van der Waals surface area (Å²) in [4.78, 5) is 23.4. The molecule has 0 spiro atoms. The summed E-state index contributed by atoms with van der Waals surface area (Å²) < 4.78 is 10.4. The number of amides is 2. The number of hydrogen-bond donors (Lipinski definition) is 2. The summed E-state index contributed by atoms with van der Waals surface area (Å²) in [6, 6.07) is -0.685. The predicted octanol–water partition coefficient (Wildman–Crippen LogP) is -0.683. The fourth-order valence-electron chi connectivity index (χ4n) is 2.24. The van der Waals surface area contributed by atoms with Crippen molar-refractivity contribution in [3.05, 3.63) is 11.8 Å². The highest BCUT2D eigenvalue weighted by Gasteiger charge is 2.29. The monoisotopic (exact) mass is 282 g/mol. The van der Waals surface area contributed by atoms with E-state index in [1.54, 1.807) is 6.92 Å². The Kier molecular flexibility index (Phi) is 4.67. The van der Waals surface area contributed by atoms with Gasteiger partial charge < -0.3 is 20.2 Å². The molecule has 110 valence electrons. The van der Waals surface area contributed by atoms with Crippen LogP contribution in [-0.4, -0.2) is 41.3 Å². The molecule has 1 aliphatic rings. The fraction of sp³-hybridized carbons (Fsp3) is 0.667. The van der Waals surface area contributed by atoms with Crippen molar-refractivity contribution >= 4 is 11.8 Å². The largest absolute Gasteiger partial charge is 0.425 e. The normalized spacial score (nSPS) is 17.6. The van der Waals surface area contributed by atoms with Crippen molar-refractivity contribution in [3.63, 3.8) is 0 Å². The fourth-order valence-corrected chi connectivity index (χ4v) is 2.24. The Morgan fingerprint density at radius 2 is 2.10 bits per heavy atom. The number of carbonyl (C=O) groups is 2. The minimum absolute atomic E-state index is 0.00891. The number of aryl methyl sites for hydroxylation is 1. The molecule has 1 saturated heterocycles. The summed E-state index contributed by atoms with van der Waals surface area (Å²) in [5.41, 5.74) is 5.37. The number of carbonyl (C=O) groups excluding carboxylic acids is 2. The zero-order valence-electron chi connectivity index (χ0n) is 11.3. The molecular formula is C12H18N4O4. The molecule has 0 bridgehead atoms. The van der Waals surface area contributed by atoms with E-state index in [9.17, 15) is 9.59 Å². The van der Waals surface area contributed by atoms with E-state index >= 15 is 0 Å². The molecule has 0 saturated carbocycles. The van der Waals surface area contributed by atoms with Crippen molar-refractivity contribution in [2.24, 2.45) is 11.7 Å². The molecule has 8 heteroatoms. The van der Waals surface area contributed by atoms with Crippen LogP contribution < -0.4 is 11.1 Å². The predicted molar refractivity (Wildman–Crippen MR) is 67.4 cm³/mol. The summed E-state index contributed by atoms with van der Waals surface area (Å²) >= 11 is 0. The van der Waals surface area contributed by atoms with Crippen LogP contribution in [-0.2, 0) is 20.7 Å². The number of nitrogens with two attached hydrogens (primary N) is 1. The maximum atomic E-state index is 11.9. The van der Waals surface area contributed by atoms with Crippen LogP contribution in [0.4, 0.5) is 0 Å². The molecule has 1 atom stereocenters. The van der Waals surface area contributed by atoms with E-state index in [1.165, 1.54) is 0 Å². The molecule has 1 aliphatic heterocycles. The average molecular weight is 282 g/mol. The van der Waals surface area contributed by atoms with E-state index in [4.69, 9.17) is 14.9 Å². The third kappa shape index (κ3) is 3.77. The zero-order valence-corrected chi connectivity index (χ0v) is 11.3. The number of ether oxygens (including phenoxy) is 1. The summed E-state index contributed by atoms with van der Waals surface area (Å²) in [5, 5.41) is 10.0. The molecule has 2 amide bonds.